The van der Waals surface area contributed by atoms with Gasteiger partial charge in [-0.3, -0.25) is 4.90 Å². The van der Waals surface area contributed by atoms with Gasteiger partial charge >= 0.3 is 0 Å². The molecule has 0 amide bonds. The third kappa shape index (κ3) is 3.88. The molecule has 0 N–H and O–H groups in total. The average molecular weight is 315 g/mol. The number of aryl methyl sites for hydroxylation is 2. The quantitative estimate of drug-likeness (QED) is 0.864. The van der Waals surface area contributed by atoms with E-state index in [2.05, 4.69) is 39.9 Å². The van der Waals surface area contributed by atoms with Gasteiger partial charge in [0.05, 0.1) is 5.69 Å². The number of nitrogens with zero attached hydrogens (tertiary/aromatic N) is 5. The first-order valence-corrected chi connectivity index (χ1v) is 8.26. The Morgan fingerprint density at radius 1 is 1.09 bits per heavy atom. The molecule has 0 spiro atoms. The Morgan fingerprint density at radius 3 is 2.43 bits per heavy atom. The highest BCUT2D eigenvalue weighted by Crippen LogP contribution is 2.19. The molecule has 2 aromatic heterocycles. The van der Waals surface area contributed by atoms with Gasteiger partial charge in [-0.15, -0.1) is 0 Å². The summed E-state index contributed by atoms with van der Waals surface area (Å²) in [5.74, 6) is 3.21. The number of piperazine rings is 1. The van der Waals surface area contributed by atoms with Crippen molar-refractivity contribution in [3.63, 3.8) is 0 Å². The molecule has 6 nitrogen and oxygen atoms in total. The van der Waals surface area contributed by atoms with Gasteiger partial charge < -0.3 is 9.42 Å². The van der Waals surface area contributed by atoms with Gasteiger partial charge in [0.25, 0.3) is 0 Å². The molecule has 0 aliphatic carbocycles. The molecule has 2 aromatic rings. The maximum absolute atomic E-state index is 5.14. The monoisotopic (exact) mass is 315 g/mol. The van der Waals surface area contributed by atoms with Crippen LogP contribution in [-0.2, 0) is 6.54 Å². The lowest BCUT2D eigenvalue weighted by atomic mass is 10.2. The molecule has 1 aliphatic rings. The largest absolute Gasteiger partial charge is 0.361 e. The molecule has 1 fully saturated rings. The summed E-state index contributed by atoms with van der Waals surface area (Å²) in [6, 6.07) is 4.09. The third-order valence-corrected chi connectivity index (χ3v) is 4.13. The highest BCUT2D eigenvalue weighted by atomic mass is 16.5. The van der Waals surface area contributed by atoms with Crippen LogP contribution in [0.4, 0.5) is 5.82 Å². The predicted octanol–water partition coefficient (Wildman–Crippen LogP) is 2.53. The number of rotatable bonds is 4. The summed E-state index contributed by atoms with van der Waals surface area (Å²) in [5, 5.41) is 4.08. The Bertz CT molecular complexity index is 659. The fourth-order valence-corrected chi connectivity index (χ4v) is 2.85. The van der Waals surface area contributed by atoms with Gasteiger partial charge in [0.2, 0.25) is 0 Å². The Kier molecular flexibility index (Phi) is 4.61. The van der Waals surface area contributed by atoms with Crippen LogP contribution in [-0.4, -0.2) is 46.2 Å². The number of aromatic nitrogens is 3. The van der Waals surface area contributed by atoms with Crippen LogP contribution >= 0.6 is 0 Å². The second-order valence-electron chi connectivity index (χ2n) is 6.57. The molecule has 124 valence electrons. The molecule has 0 aromatic carbocycles. The van der Waals surface area contributed by atoms with E-state index in [1.165, 1.54) is 0 Å². The molecule has 6 heteroatoms. The lowest BCUT2D eigenvalue weighted by molar-refractivity contribution is 0.241. The molecule has 1 aliphatic heterocycles. The van der Waals surface area contributed by atoms with Crippen LogP contribution in [0, 0.1) is 13.8 Å². The van der Waals surface area contributed by atoms with Crippen LogP contribution in [0.1, 0.15) is 42.7 Å². The smallest absolute Gasteiger partial charge is 0.133 e. The molecule has 0 atom stereocenters. The molecule has 1 saturated heterocycles. The van der Waals surface area contributed by atoms with E-state index >= 15 is 0 Å². The first-order chi connectivity index (χ1) is 11.0. The summed E-state index contributed by atoms with van der Waals surface area (Å²) in [4.78, 5) is 14.0. The molecule has 3 heterocycles. The van der Waals surface area contributed by atoms with Gasteiger partial charge in [0.15, 0.2) is 0 Å². The second-order valence-corrected chi connectivity index (χ2v) is 6.57. The lowest BCUT2D eigenvalue weighted by Gasteiger charge is -2.35. The zero-order chi connectivity index (χ0) is 16.4. The Labute approximate surface area is 137 Å². The van der Waals surface area contributed by atoms with Crippen molar-refractivity contribution in [1.29, 1.82) is 0 Å². The SMILES string of the molecule is Cc1cc(N2CCN(Cc3cc(C)on3)CC2)nc(C(C)C)n1. The average Bonchev–Trinajstić information content (AvgIpc) is 2.92. The predicted molar refractivity (Wildman–Crippen MR) is 89.6 cm³/mol. The van der Waals surface area contributed by atoms with Crippen LogP contribution in [0.25, 0.3) is 0 Å². The molecule has 0 saturated carbocycles. The fraction of sp³-hybridized carbons (Fsp3) is 0.588. The van der Waals surface area contributed by atoms with Crippen molar-refractivity contribution in [3.05, 3.63) is 35.1 Å². The van der Waals surface area contributed by atoms with E-state index < -0.39 is 0 Å². The molecular weight excluding hydrogens is 290 g/mol. The van der Waals surface area contributed by atoms with E-state index in [-0.39, 0.29) is 0 Å². The van der Waals surface area contributed by atoms with Crippen molar-refractivity contribution in [3.8, 4) is 0 Å². The molecule has 0 radical (unpaired) electrons. The van der Waals surface area contributed by atoms with Crippen molar-refractivity contribution in [2.75, 3.05) is 31.1 Å². The normalized spacial score (nSPS) is 16.3. The van der Waals surface area contributed by atoms with Crippen LogP contribution in [0.2, 0.25) is 0 Å². The standard InChI is InChI=1S/C17H25N5O/c1-12(2)17-18-13(3)9-16(19-17)22-7-5-21(6-8-22)11-15-10-14(4)23-20-15/h9-10,12H,5-8,11H2,1-4H3. The van der Waals surface area contributed by atoms with E-state index in [1.807, 2.05) is 19.9 Å². The van der Waals surface area contributed by atoms with E-state index in [0.717, 1.165) is 61.5 Å². The first kappa shape index (κ1) is 15.9. The van der Waals surface area contributed by atoms with E-state index in [0.29, 0.717) is 5.92 Å². The molecular formula is C17H25N5O. The Morgan fingerprint density at radius 2 is 1.83 bits per heavy atom. The van der Waals surface area contributed by atoms with Crippen LogP contribution in [0.3, 0.4) is 0 Å². The minimum atomic E-state index is 0.352. The highest BCUT2D eigenvalue weighted by Gasteiger charge is 2.20. The van der Waals surface area contributed by atoms with E-state index in [9.17, 15) is 0 Å². The highest BCUT2D eigenvalue weighted by molar-refractivity contribution is 5.40. The summed E-state index contributed by atoms with van der Waals surface area (Å²) < 4.78 is 5.14. The number of hydrogen-bond acceptors (Lipinski definition) is 6. The van der Waals surface area contributed by atoms with Gasteiger partial charge in [-0.25, -0.2) is 9.97 Å². The summed E-state index contributed by atoms with van der Waals surface area (Å²) in [6.07, 6.45) is 0. The molecule has 0 unspecified atom stereocenters. The third-order valence-electron chi connectivity index (χ3n) is 4.13. The number of hydrogen-bond donors (Lipinski definition) is 0. The van der Waals surface area contributed by atoms with Crippen LogP contribution in [0.15, 0.2) is 16.7 Å². The minimum absolute atomic E-state index is 0.352. The van der Waals surface area contributed by atoms with Crippen molar-refractivity contribution in [2.45, 2.75) is 40.2 Å². The molecule has 3 rings (SSSR count). The van der Waals surface area contributed by atoms with Crippen molar-refractivity contribution in [1.82, 2.24) is 20.0 Å². The van der Waals surface area contributed by atoms with Gasteiger partial charge in [-0.05, 0) is 13.8 Å². The Balaban J connectivity index is 1.62. The summed E-state index contributed by atoms with van der Waals surface area (Å²) in [6.45, 7) is 13.1. The molecule has 23 heavy (non-hydrogen) atoms. The van der Waals surface area contributed by atoms with Gasteiger partial charge in [-0.1, -0.05) is 19.0 Å². The van der Waals surface area contributed by atoms with Crippen molar-refractivity contribution in [2.24, 2.45) is 0 Å². The van der Waals surface area contributed by atoms with E-state index in [1.54, 1.807) is 0 Å². The van der Waals surface area contributed by atoms with Crippen molar-refractivity contribution < 1.29 is 4.52 Å². The maximum atomic E-state index is 5.14. The summed E-state index contributed by atoms with van der Waals surface area (Å²) >= 11 is 0. The zero-order valence-electron chi connectivity index (χ0n) is 14.4. The van der Waals surface area contributed by atoms with Gasteiger partial charge in [-0.2, -0.15) is 0 Å². The number of anilines is 1. The van der Waals surface area contributed by atoms with Crippen LogP contribution in [0.5, 0.6) is 0 Å². The summed E-state index contributed by atoms with van der Waals surface area (Å²) in [5.41, 5.74) is 2.05. The maximum Gasteiger partial charge on any atom is 0.133 e. The minimum Gasteiger partial charge on any atom is -0.361 e. The van der Waals surface area contributed by atoms with Crippen LogP contribution < -0.4 is 4.90 Å². The van der Waals surface area contributed by atoms with Gasteiger partial charge in [0, 0.05) is 56.5 Å². The van der Waals surface area contributed by atoms with Crippen molar-refractivity contribution >= 4 is 5.82 Å². The Hall–Kier alpha value is -1.95. The van der Waals surface area contributed by atoms with E-state index in [4.69, 9.17) is 9.51 Å². The summed E-state index contributed by atoms with van der Waals surface area (Å²) in [7, 11) is 0. The topological polar surface area (TPSA) is 58.3 Å². The van der Waals surface area contributed by atoms with Gasteiger partial charge in [0.1, 0.15) is 17.4 Å². The lowest BCUT2D eigenvalue weighted by Crippen LogP contribution is -2.46. The zero-order valence-corrected chi connectivity index (χ0v) is 14.4. The fourth-order valence-electron chi connectivity index (χ4n) is 2.85. The second kappa shape index (κ2) is 6.66. The molecule has 0 bridgehead atoms. The first-order valence-electron chi connectivity index (χ1n) is 8.26.